The fraction of sp³-hybridized carbons (Fsp3) is 0.318. The van der Waals surface area contributed by atoms with Crippen LogP contribution < -0.4 is 0 Å². The van der Waals surface area contributed by atoms with Crippen molar-refractivity contribution in [1.82, 2.24) is 29.5 Å². The van der Waals surface area contributed by atoms with Crippen molar-refractivity contribution in [3.05, 3.63) is 57.5 Å². The molecule has 0 saturated heterocycles. The van der Waals surface area contributed by atoms with Gasteiger partial charge in [-0.25, -0.2) is 14.6 Å². The van der Waals surface area contributed by atoms with Crippen LogP contribution in [0.15, 0.2) is 40.3 Å². The molecule has 4 aromatic rings. The van der Waals surface area contributed by atoms with Crippen LogP contribution in [0.3, 0.4) is 0 Å². The maximum atomic E-state index is 13.3. The Bertz CT molecular complexity index is 1240. The zero-order valence-electron chi connectivity index (χ0n) is 17.2. The molecule has 0 fully saturated rings. The number of thiazole rings is 1. The van der Waals surface area contributed by atoms with Crippen LogP contribution in [0.4, 0.5) is 0 Å². The van der Waals surface area contributed by atoms with Crippen molar-refractivity contribution in [2.45, 2.75) is 32.7 Å². The Labute approximate surface area is 192 Å². The molecule has 1 aliphatic heterocycles. The molecule has 0 radical (unpaired) electrons. The van der Waals surface area contributed by atoms with Crippen molar-refractivity contribution >= 4 is 33.0 Å². The average Bonchev–Trinajstić information content (AvgIpc) is 3.45. The number of Topliss-reactive ketones (excluding diaryl/α,β-unsaturated/α-hetero) is 1. The third-order valence-corrected chi connectivity index (χ3v) is 7.69. The first kappa shape index (κ1) is 20.3. The first-order chi connectivity index (χ1) is 15.0. The van der Waals surface area contributed by atoms with Gasteiger partial charge in [0.25, 0.3) is 0 Å². The molecule has 1 atom stereocenters. The van der Waals surface area contributed by atoms with Crippen molar-refractivity contribution in [3.8, 4) is 22.0 Å². The van der Waals surface area contributed by atoms with Gasteiger partial charge in [0.15, 0.2) is 11.6 Å². The van der Waals surface area contributed by atoms with Gasteiger partial charge in [-0.2, -0.15) is 10.2 Å². The van der Waals surface area contributed by atoms with E-state index < -0.39 is 0 Å². The van der Waals surface area contributed by atoms with Crippen molar-refractivity contribution in [2.24, 2.45) is 13.0 Å². The van der Waals surface area contributed by atoms with Gasteiger partial charge in [-0.15, -0.1) is 11.3 Å². The lowest BCUT2D eigenvalue weighted by atomic mass is 9.91. The zero-order chi connectivity index (χ0) is 21.5. The molecule has 31 heavy (non-hydrogen) atoms. The maximum Gasteiger partial charge on any atom is 0.181 e. The summed E-state index contributed by atoms with van der Waals surface area (Å²) in [6, 6.07) is 10.0. The van der Waals surface area contributed by atoms with E-state index >= 15 is 0 Å². The molecule has 1 aliphatic rings. The molecule has 5 rings (SSSR count). The van der Waals surface area contributed by atoms with Crippen molar-refractivity contribution in [2.75, 3.05) is 0 Å². The molecule has 7 nitrogen and oxygen atoms in total. The number of nitrogens with zero attached hydrogens (tertiary/aromatic N) is 6. The molecule has 0 aliphatic carbocycles. The number of hydrogen-bond acceptors (Lipinski definition) is 6. The lowest BCUT2D eigenvalue weighted by molar-refractivity contribution is 0.0944. The van der Waals surface area contributed by atoms with Crippen LogP contribution in [0.5, 0.6) is 0 Å². The Morgan fingerprint density at radius 3 is 2.81 bits per heavy atom. The predicted octanol–water partition coefficient (Wildman–Crippen LogP) is 4.71. The molecular formula is C22H21BrN6OS. The standard InChI is InChI=1S/C22H21BrN6OS/c1-13-20(23)31-22(25-13)16-12-24-28(2)19(16)17(30)10-14-8-9-29-18(11-14)26-21(27-29)15-6-4-3-5-7-15/h3-7,12,14H,8-11H2,1-2H3. The first-order valence-electron chi connectivity index (χ1n) is 10.2. The number of rotatable bonds is 5. The second-order valence-electron chi connectivity index (χ2n) is 7.84. The summed E-state index contributed by atoms with van der Waals surface area (Å²) < 4.78 is 4.63. The molecule has 0 bridgehead atoms. The minimum absolute atomic E-state index is 0.0974. The largest absolute Gasteiger partial charge is 0.292 e. The van der Waals surface area contributed by atoms with Crippen LogP contribution in [-0.2, 0) is 20.0 Å². The van der Waals surface area contributed by atoms with E-state index in [0.717, 1.165) is 56.7 Å². The smallest absolute Gasteiger partial charge is 0.181 e. The SMILES string of the molecule is Cc1nc(-c2cnn(C)c2C(=O)CC2CCn3nc(-c4ccccc4)nc3C2)sc1Br. The van der Waals surface area contributed by atoms with Crippen molar-refractivity contribution in [3.63, 3.8) is 0 Å². The highest BCUT2D eigenvalue weighted by Crippen LogP contribution is 2.34. The molecular weight excluding hydrogens is 476 g/mol. The lowest BCUT2D eigenvalue weighted by Gasteiger charge is -2.21. The highest BCUT2D eigenvalue weighted by atomic mass is 79.9. The van der Waals surface area contributed by atoms with E-state index in [0.29, 0.717) is 12.1 Å². The average molecular weight is 497 g/mol. The number of aryl methyl sites for hydroxylation is 3. The van der Waals surface area contributed by atoms with Crippen LogP contribution in [-0.4, -0.2) is 35.3 Å². The van der Waals surface area contributed by atoms with E-state index in [2.05, 4.69) is 31.1 Å². The molecule has 3 aromatic heterocycles. The summed E-state index contributed by atoms with van der Waals surface area (Å²) in [5, 5.41) is 9.81. The third-order valence-electron chi connectivity index (χ3n) is 5.65. The van der Waals surface area contributed by atoms with Gasteiger partial charge in [0.2, 0.25) is 0 Å². The zero-order valence-corrected chi connectivity index (χ0v) is 19.7. The Kier molecular flexibility index (Phi) is 5.31. The van der Waals surface area contributed by atoms with Gasteiger partial charge in [0, 0.05) is 32.0 Å². The highest BCUT2D eigenvalue weighted by Gasteiger charge is 2.28. The Balaban J connectivity index is 1.35. The third kappa shape index (κ3) is 3.87. The van der Waals surface area contributed by atoms with Crippen LogP contribution in [0.2, 0.25) is 0 Å². The quantitative estimate of drug-likeness (QED) is 0.374. The van der Waals surface area contributed by atoms with Crippen molar-refractivity contribution in [1.29, 1.82) is 0 Å². The molecule has 1 aromatic carbocycles. The monoisotopic (exact) mass is 496 g/mol. The topological polar surface area (TPSA) is 78.5 Å². The molecule has 0 amide bonds. The second-order valence-corrected chi connectivity index (χ2v) is 10.2. The van der Waals surface area contributed by atoms with E-state index in [4.69, 9.17) is 4.98 Å². The summed E-state index contributed by atoms with van der Waals surface area (Å²) in [5.41, 5.74) is 3.36. The number of aromatic nitrogens is 6. The Morgan fingerprint density at radius 2 is 2.06 bits per heavy atom. The van der Waals surface area contributed by atoms with Gasteiger partial charge in [-0.1, -0.05) is 30.3 Å². The summed E-state index contributed by atoms with van der Waals surface area (Å²) in [6.45, 7) is 2.73. The van der Waals surface area contributed by atoms with Gasteiger partial charge in [-0.3, -0.25) is 9.48 Å². The maximum absolute atomic E-state index is 13.3. The van der Waals surface area contributed by atoms with Crippen LogP contribution in [0.1, 0.15) is 34.8 Å². The Morgan fingerprint density at radius 1 is 1.26 bits per heavy atom. The van der Waals surface area contributed by atoms with Gasteiger partial charge < -0.3 is 0 Å². The summed E-state index contributed by atoms with van der Waals surface area (Å²) >= 11 is 5.05. The van der Waals surface area contributed by atoms with Gasteiger partial charge in [0.05, 0.1) is 21.2 Å². The van der Waals surface area contributed by atoms with Crippen LogP contribution in [0.25, 0.3) is 22.0 Å². The molecule has 1 unspecified atom stereocenters. The minimum atomic E-state index is 0.0974. The molecule has 0 N–H and O–H groups in total. The first-order valence-corrected chi connectivity index (χ1v) is 11.8. The molecule has 0 saturated carbocycles. The van der Waals surface area contributed by atoms with Crippen LogP contribution in [0, 0.1) is 12.8 Å². The van der Waals surface area contributed by atoms with Crippen LogP contribution >= 0.6 is 27.3 Å². The van der Waals surface area contributed by atoms with E-state index in [-0.39, 0.29) is 11.7 Å². The summed E-state index contributed by atoms with van der Waals surface area (Å²) in [6.07, 6.45) is 3.86. The fourth-order valence-electron chi connectivity index (χ4n) is 4.03. The molecule has 0 spiro atoms. The van der Waals surface area contributed by atoms with E-state index in [1.165, 1.54) is 11.3 Å². The second kappa shape index (κ2) is 8.12. The predicted molar refractivity (Wildman–Crippen MR) is 123 cm³/mol. The number of benzene rings is 1. The molecule has 158 valence electrons. The van der Waals surface area contributed by atoms with Crippen molar-refractivity contribution < 1.29 is 4.79 Å². The highest BCUT2D eigenvalue weighted by molar-refractivity contribution is 9.11. The number of carbonyl (C=O) groups is 1. The number of ketones is 1. The normalized spacial score (nSPS) is 15.8. The number of fused-ring (bicyclic) bond motifs is 1. The number of carbonyl (C=O) groups excluding carboxylic acids is 1. The fourth-order valence-corrected chi connectivity index (χ4v) is 5.38. The Hall–Kier alpha value is -2.65. The van der Waals surface area contributed by atoms with E-state index in [9.17, 15) is 4.79 Å². The summed E-state index contributed by atoms with van der Waals surface area (Å²) in [7, 11) is 1.82. The van der Waals surface area contributed by atoms with Gasteiger partial charge in [-0.05, 0) is 35.2 Å². The number of hydrogen-bond donors (Lipinski definition) is 0. The minimum Gasteiger partial charge on any atom is -0.292 e. The number of halogens is 1. The van der Waals surface area contributed by atoms with Gasteiger partial charge in [0.1, 0.15) is 16.5 Å². The van der Waals surface area contributed by atoms with Gasteiger partial charge >= 0.3 is 0 Å². The van der Waals surface area contributed by atoms with E-state index in [1.807, 2.05) is 49.0 Å². The summed E-state index contributed by atoms with van der Waals surface area (Å²) in [4.78, 5) is 22.6. The summed E-state index contributed by atoms with van der Waals surface area (Å²) in [5.74, 6) is 2.04. The molecule has 4 heterocycles. The lowest BCUT2D eigenvalue weighted by Crippen LogP contribution is -2.23. The molecule has 9 heteroatoms. The van der Waals surface area contributed by atoms with E-state index in [1.54, 1.807) is 10.9 Å².